The SMILES string of the molecule is Nc1[nH]c(=O)c(C(=O)O)c(-c2c(F)cc(I)cc2F)c1C(=O)O. The van der Waals surface area contributed by atoms with Gasteiger partial charge in [0.2, 0.25) is 0 Å². The third-order valence-corrected chi connectivity index (χ3v) is 3.55. The largest absolute Gasteiger partial charge is 0.478 e. The normalized spacial score (nSPS) is 10.6. The first-order valence-corrected chi connectivity index (χ1v) is 6.90. The van der Waals surface area contributed by atoms with Gasteiger partial charge in [0.1, 0.15) is 28.6 Å². The van der Waals surface area contributed by atoms with Crippen LogP contribution in [-0.4, -0.2) is 27.1 Å². The maximum Gasteiger partial charge on any atom is 0.342 e. The molecular weight excluding hydrogens is 429 g/mol. The molecule has 0 unspecified atom stereocenters. The molecule has 0 saturated heterocycles. The predicted molar refractivity (Wildman–Crippen MR) is 83.5 cm³/mol. The third-order valence-electron chi connectivity index (χ3n) is 2.93. The van der Waals surface area contributed by atoms with Crippen molar-refractivity contribution in [1.29, 1.82) is 0 Å². The van der Waals surface area contributed by atoms with Gasteiger partial charge in [0, 0.05) is 9.13 Å². The van der Waals surface area contributed by atoms with Crippen molar-refractivity contribution in [2.45, 2.75) is 0 Å². The van der Waals surface area contributed by atoms with Gasteiger partial charge < -0.3 is 20.9 Å². The van der Waals surface area contributed by atoms with Crippen molar-refractivity contribution in [3.63, 3.8) is 0 Å². The Morgan fingerprint density at radius 2 is 1.52 bits per heavy atom. The fraction of sp³-hybridized carbons (Fsp3) is 0. The number of benzene rings is 1. The molecule has 10 heteroatoms. The van der Waals surface area contributed by atoms with Gasteiger partial charge in [0.25, 0.3) is 5.56 Å². The van der Waals surface area contributed by atoms with Crippen molar-refractivity contribution in [2.24, 2.45) is 0 Å². The summed E-state index contributed by atoms with van der Waals surface area (Å²) in [6.07, 6.45) is 0. The Labute approximate surface area is 139 Å². The number of aromatic carboxylic acids is 2. The van der Waals surface area contributed by atoms with Crippen molar-refractivity contribution in [3.8, 4) is 11.1 Å². The Morgan fingerprint density at radius 3 is 1.96 bits per heavy atom. The second-order valence-corrected chi connectivity index (χ2v) is 5.59. The van der Waals surface area contributed by atoms with Crippen LogP contribution in [0.2, 0.25) is 0 Å². The zero-order chi connectivity index (χ0) is 17.5. The Hall–Kier alpha value is -2.50. The number of rotatable bonds is 3. The molecule has 0 fully saturated rings. The number of aromatic nitrogens is 1. The van der Waals surface area contributed by atoms with Crippen LogP contribution in [0.1, 0.15) is 20.7 Å². The van der Waals surface area contributed by atoms with E-state index in [0.717, 1.165) is 12.1 Å². The molecule has 0 amide bonds. The Kier molecular flexibility index (Phi) is 4.36. The monoisotopic (exact) mass is 436 g/mol. The summed E-state index contributed by atoms with van der Waals surface area (Å²) < 4.78 is 28.5. The number of halogens is 3. The maximum atomic E-state index is 14.2. The molecule has 23 heavy (non-hydrogen) atoms. The van der Waals surface area contributed by atoms with E-state index in [9.17, 15) is 28.3 Å². The minimum atomic E-state index is -1.85. The van der Waals surface area contributed by atoms with Gasteiger partial charge in [-0.25, -0.2) is 18.4 Å². The van der Waals surface area contributed by atoms with Gasteiger partial charge in [0.05, 0.1) is 5.56 Å². The fourth-order valence-electron chi connectivity index (χ4n) is 2.08. The molecule has 1 aromatic heterocycles. The van der Waals surface area contributed by atoms with Crippen LogP contribution in [0, 0.1) is 15.2 Å². The Morgan fingerprint density at radius 1 is 1.04 bits per heavy atom. The van der Waals surface area contributed by atoms with Crippen molar-refractivity contribution in [2.75, 3.05) is 5.73 Å². The van der Waals surface area contributed by atoms with Crippen LogP contribution in [0.5, 0.6) is 0 Å². The molecule has 120 valence electrons. The van der Waals surface area contributed by atoms with E-state index in [1.54, 1.807) is 22.6 Å². The molecule has 0 aliphatic rings. The van der Waals surface area contributed by atoms with E-state index in [2.05, 4.69) is 0 Å². The lowest BCUT2D eigenvalue weighted by molar-refractivity contribution is 0.0695. The van der Waals surface area contributed by atoms with Gasteiger partial charge in [-0.3, -0.25) is 4.79 Å². The van der Waals surface area contributed by atoms with Crippen LogP contribution >= 0.6 is 22.6 Å². The number of carbonyl (C=O) groups is 2. The van der Waals surface area contributed by atoms with E-state index in [-0.39, 0.29) is 3.57 Å². The number of pyridine rings is 1. The quantitative estimate of drug-likeness (QED) is 0.544. The van der Waals surface area contributed by atoms with Crippen molar-refractivity contribution >= 4 is 40.3 Å². The molecule has 0 bridgehead atoms. The van der Waals surface area contributed by atoms with Crippen LogP contribution in [0.4, 0.5) is 14.6 Å². The van der Waals surface area contributed by atoms with Crippen LogP contribution in [0.25, 0.3) is 11.1 Å². The highest BCUT2D eigenvalue weighted by Gasteiger charge is 2.30. The van der Waals surface area contributed by atoms with Crippen LogP contribution in [0.3, 0.4) is 0 Å². The topological polar surface area (TPSA) is 133 Å². The Bertz CT molecular complexity index is 887. The average Bonchev–Trinajstić information content (AvgIpc) is 2.35. The standard InChI is InChI=1S/C13H7F2IN2O5/c14-4-1-3(16)2-5(15)6(4)7-8(12(20)21)10(17)18-11(19)9(7)13(22)23/h1-2H,(H,20,21)(H,22,23)(H3,17,18,19). The summed E-state index contributed by atoms with van der Waals surface area (Å²) in [4.78, 5) is 36.3. The van der Waals surface area contributed by atoms with Crippen LogP contribution < -0.4 is 11.3 Å². The Balaban J connectivity index is 3.10. The molecule has 0 saturated carbocycles. The summed E-state index contributed by atoms with van der Waals surface area (Å²) in [6.45, 7) is 0. The minimum Gasteiger partial charge on any atom is -0.478 e. The summed E-state index contributed by atoms with van der Waals surface area (Å²) in [7, 11) is 0. The highest BCUT2D eigenvalue weighted by molar-refractivity contribution is 14.1. The van der Waals surface area contributed by atoms with Crippen molar-refractivity contribution in [1.82, 2.24) is 4.98 Å². The smallest absolute Gasteiger partial charge is 0.342 e. The van der Waals surface area contributed by atoms with E-state index in [1.165, 1.54) is 0 Å². The van der Waals surface area contributed by atoms with Crippen molar-refractivity contribution < 1.29 is 28.6 Å². The molecule has 5 N–H and O–H groups in total. The molecule has 0 radical (unpaired) electrons. The number of anilines is 1. The summed E-state index contributed by atoms with van der Waals surface area (Å²) in [5, 5.41) is 18.3. The number of nitrogen functional groups attached to an aromatic ring is 1. The number of nitrogens with two attached hydrogens (primary N) is 1. The number of nitrogens with one attached hydrogen (secondary N) is 1. The number of aromatic amines is 1. The van der Waals surface area contributed by atoms with E-state index < -0.39 is 57.2 Å². The second kappa shape index (κ2) is 5.95. The van der Waals surface area contributed by atoms with Gasteiger partial charge in [-0.05, 0) is 34.7 Å². The summed E-state index contributed by atoms with van der Waals surface area (Å²) in [6, 6.07) is 1.74. The van der Waals surface area contributed by atoms with Gasteiger partial charge in [-0.2, -0.15) is 0 Å². The molecular formula is C13H7F2IN2O5. The number of hydrogen-bond donors (Lipinski definition) is 4. The predicted octanol–water partition coefficient (Wildman–Crippen LogP) is 1.90. The number of carboxylic acids is 2. The molecule has 0 atom stereocenters. The molecule has 2 aromatic rings. The lowest BCUT2D eigenvalue weighted by atomic mass is 9.94. The van der Waals surface area contributed by atoms with Gasteiger partial charge in [-0.1, -0.05) is 0 Å². The number of hydrogen-bond acceptors (Lipinski definition) is 4. The zero-order valence-corrected chi connectivity index (χ0v) is 13.1. The molecule has 1 aromatic carbocycles. The van der Waals surface area contributed by atoms with Gasteiger partial charge in [-0.15, -0.1) is 0 Å². The first kappa shape index (κ1) is 16.9. The highest BCUT2D eigenvalue weighted by Crippen LogP contribution is 2.34. The first-order chi connectivity index (χ1) is 10.6. The average molecular weight is 436 g/mol. The lowest BCUT2D eigenvalue weighted by Gasteiger charge is -2.13. The van der Waals surface area contributed by atoms with Crippen molar-refractivity contribution in [3.05, 3.63) is 48.8 Å². The molecule has 0 aliphatic heterocycles. The van der Waals surface area contributed by atoms with E-state index in [4.69, 9.17) is 10.8 Å². The van der Waals surface area contributed by atoms with Gasteiger partial charge in [0.15, 0.2) is 0 Å². The van der Waals surface area contributed by atoms with E-state index >= 15 is 0 Å². The first-order valence-electron chi connectivity index (χ1n) is 5.82. The van der Waals surface area contributed by atoms with Crippen LogP contribution in [0.15, 0.2) is 16.9 Å². The summed E-state index contributed by atoms with van der Waals surface area (Å²) in [5.74, 6) is -6.73. The van der Waals surface area contributed by atoms with E-state index in [0.29, 0.717) is 0 Å². The molecule has 1 heterocycles. The molecule has 0 spiro atoms. The third kappa shape index (κ3) is 2.88. The summed E-state index contributed by atoms with van der Waals surface area (Å²) in [5.41, 5.74) is 0.231. The maximum absolute atomic E-state index is 14.2. The zero-order valence-electron chi connectivity index (χ0n) is 11.0. The minimum absolute atomic E-state index is 0.160. The van der Waals surface area contributed by atoms with E-state index in [1.807, 2.05) is 4.98 Å². The number of carboxylic acid groups (broad SMARTS) is 2. The number of H-pyrrole nitrogens is 1. The van der Waals surface area contributed by atoms with Crippen LogP contribution in [-0.2, 0) is 0 Å². The second-order valence-electron chi connectivity index (χ2n) is 4.35. The summed E-state index contributed by atoms with van der Waals surface area (Å²) >= 11 is 1.62. The highest BCUT2D eigenvalue weighted by atomic mass is 127. The van der Waals surface area contributed by atoms with Gasteiger partial charge >= 0.3 is 11.9 Å². The molecule has 2 rings (SSSR count). The lowest BCUT2D eigenvalue weighted by Crippen LogP contribution is -2.24. The molecule has 7 nitrogen and oxygen atoms in total. The molecule has 0 aliphatic carbocycles. The fourth-order valence-corrected chi connectivity index (χ4v) is 2.62.